The van der Waals surface area contributed by atoms with Gasteiger partial charge < -0.3 is 0 Å². The molecule has 2 N–H and O–H groups in total. The Morgan fingerprint density at radius 1 is 0.459 bits per heavy atom. The molecule has 0 saturated carbocycles. The van der Waals surface area contributed by atoms with E-state index in [1.165, 1.54) is 38.2 Å². The van der Waals surface area contributed by atoms with Crippen LogP contribution in [0.1, 0.15) is 24.0 Å². The molecule has 7 nitrogen and oxygen atoms in total. The van der Waals surface area contributed by atoms with Crippen LogP contribution in [0, 0.1) is 5.41 Å². The van der Waals surface area contributed by atoms with Crippen LogP contribution in [0.3, 0.4) is 0 Å². The van der Waals surface area contributed by atoms with Gasteiger partial charge in [0.05, 0.1) is 45.6 Å². The molecule has 0 bridgehead atoms. The summed E-state index contributed by atoms with van der Waals surface area (Å²) < 4.78 is 0. The first-order valence-corrected chi connectivity index (χ1v) is 20.4. The Balaban J connectivity index is 1.03. The van der Waals surface area contributed by atoms with Gasteiger partial charge in [0.2, 0.25) is 0 Å². The lowest BCUT2D eigenvalue weighted by Gasteiger charge is -2.19. The number of benzene rings is 5. The molecule has 10 rings (SSSR count). The molecule has 0 radical (unpaired) electrons. The molecule has 0 spiro atoms. The van der Waals surface area contributed by atoms with Gasteiger partial charge in [0.1, 0.15) is 5.71 Å². The Morgan fingerprint density at radius 2 is 0.951 bits per heavy atom. The van der Waals surface area contributed by atoms with E-state index in [-0.39, 0.29) is 5.71 Å². The molecule has 4 aromatic heterocycles. The van der Waals surface area contributed by atoms with Gasteiger partial charge in [0.15, 0.2) is 0 Å². The van der Waals surface area contributed by atoms with Gasteiger partial charge in [-0.05, 0) is 123 Å². The van der Waals surface area contributed by atoms with Crippen molar-refractivity contribution < 1.29 is 0 Å². The average molecular weight is 786 g/mol. The summed E-state index contributed by atoms with van der Waals surface area (Å²) in [5.74, 6) is 0. The van der Waals surface area contributed by atoms with Gasteiger partial charge in [-0.15, -0.1) is 0 Å². The highest BCUT2D eigenvalue weighted by Crippen LogP contribution is 2.43. The molecule has 0 saturated heterocycles. The molecule has 0 fully saturated rings. The minimum atomic E-state index is 0.225. The highest BCUT2D eigenvalue weighted by molar-refractivity contribution is 6.69. The van der Waals surface area contributed by atoms with Crippen molar-refractivity contribution >= 4 is 49.8 Å². The van der Waals surface area contributed by atoms with Gasteiger partial charge in [-0.2, -0.15) is 5.10 Å². The molecule has 0 atom stereocenters. The molecular formula is C54H39N7. The molecule has 1 aliphatic carbocycles. The number of aryl methyl sites for hydroxylation is 1. The number of allylic oxidation sites excluding steroid dienone is 4. The summed E-state index contributed by atoms with van der Waals surface area (Å²) in [4.78, 5) is 19.3. The summed E-state index contributed by atoms with van der Waals surface area (Å²) in [6.45, 7) is 2.09. The fourth-order valence-electron chi connectivity index (χ4n) is 8.10. The Kier molecular flexibility index (Phi) is 9.88. The molecule has 9 aromatic rings. The van der Waals surface area contributed by atoms with Crippen molar-refractivity contribution in [3.63, 3.8) is 0 Å². The van der Waals surface area contributed by atoms with Crippen LogP contribution < -0.4 is 5.43 Å². The van der Waals surface area contributed by atoms with Crippen LogP contribution in [-0.2, 0) is 6.42 Å². The molecule has 0 amide bonds. The second-order valence-corrected chi connectivity index (χ2v) is 14.8. The average Bonchev–Trinajstić information content (AvgIpc) is 3.33. The molecule has 1 aliphatic rings. The van der Waals surface area contributed by atoms with E-state index in [2.05, 4.69) is 108 Å². The van der Waals surface area contributed by atoms with Gasteiger partial charge in [-0.1, -0.05) is 122 Å². The minimum Gasteiger partial charge on any atom is -0.298 e. The maximum absolute atomic E-state index is 9.65. The van der Waals surface area contributed by atoms with Crippen LogP contribution in [0.4, 0.5) is 5.69 Å². The summed E-state index contributed by atoms with van der Waals surface area (Å²) in [6, 6.07) is 59.8. The topological polar surface area (TPSA) is 99.8 Å². The highest BCUT2D eigenvalue weighted by atomic mass is 15.3. The monoisotopic (exact) mass is 785 g/mol. The normalized spacial score (nSPS) is 13.3. The highest BCUT2D eigenvalue weighted by Gasteiger charge is 2.26. The smallest absolute Gasteiger partial charge is 0.118 e. The number of rotatable bonds is 9. The number of pyridine rings is 4. The summed E-state index contributed by atoms with van der Waals surface area (Å²) in [5, 5.41) is 19.4. The number of hydrazone groups is 1. The Bertz CT molecular complexity index is 3150. The van der Waals surface area contributed by atoms with Crippen molar-refractivity contribution in [2.75, 3.05) is 5.43 Å². The predicted molar refractivity (Wildman–Crippen MR) is 251 cm³/mol. The molecular weight excluding hydrogens is 747 g/mol. The maximum atomic E-state index is 9.65. The van der Waals surface area contributed by atoms with E-state index in [1.807, 2.05) is 97.1 Å². The zero-order chi connectivity index (χ0) is 41.1. The predicted octanol–water partition coefficient (Wildman–Crippen LogP) is 12.8. The van der Waals surface area contributed by atoms with E-state index >= 15 is 0 Å². The number of nitrogens with zero attached hydrogens (tertiary/aromatic N) is 5. The molecule has 61 heavy (non-hydrogen) atoms. The van der Waals surface area contributed by atoms with Crippen LogP contribution in [0.2, 0.25) is 0 Å². The summed E-state index contributed by atoms with van der Waals surface area (Å²) >= 11 is 0. The van der Waals surface area contributed by atoms with Gasteiger partial charge in [-0.25, -0.2) is 9.97 Å². The number of hydrogen-bond donors (Lipinski definition) is 2. The first-order valence-electron chi connectivity index (χ1n) is 20.4. The molecule has 7 heteroatoms. The lowest BCUT2D eigenvalue weighted by molar-refractivity contribution is 1.03. The summed E-state index contributed by atoms with van der Waals surface area (Å²) in [6.07, 6.45) is 6.50. The van der Waals surface area contributed by atoms with Gasteiger partial charge >= 0.3 is 0 Å². The van der Waals surface area contributed by atoms with Crippen LogP contribution >= 0.6 is 0 Å². The Hall–Kier alpha value is -8.16. The zero-order valence-electron chi connectivity index (χ0n) is 33.4. The summed E-state index contributed by atoms with van der Waals surface area (Å²) in [7, 11) is 0. The van der Waals surface area contributed by atoms with Crippen LogP contribution in [0.25, 0.3) is 77.7 Å². The Labute approximate surface area is 354 Å². The van der Waals surface area contributed by atoms with Crippen molar-refractivity contribution in [3.8, 4) is 45.0 Å². The van der Waals surface area contributed by atoms with E-state index in [9.17, 15) is 5.41 Å². The SMILES string of the molecule is CCc1cccc(-c2cccc(C3=CC=C(c4cccc(-c5ccccn5)n4)/C(=N/Nc4ccc(-c5c6ccccc6c(-c6ccccc6)c6ccccc56)cc4)C3=N)n2)n1. The number of anilines is 1. The van der Waals surface area contributed by atoms with E-state index < -0.39 is 0 Å². The minimum absolute atomic E-state index is 0.225. The fourth-order valence-corrected chi connectivity index (χ4v) is 8.10. The van der Waals surface area contributed by atoms with Crippen LogP contribution in [-0.4, -0.2) is 31.4 Å². The number of nitrogens with one attached hydrogen (secondary N) is 2. The third kappa shape index (κ3) is 7.19. The third-order valence-corrected chi connectivity index (χ3v) is 11.1. The van der Waals surface area contributed by atoms with E-state index in [1.54, 1.807) is 6.20 Å². The van der Waals surface area contributed by atoms with Crippen LogP contribution in [0.15, 0.2) is 199 Å². The van der Waals surface area contributed by atoms with Crippen molar-refractivity contribution in [3.05, 3.63) is 211 Å². The fraction of sp³-hybridized carbons (Fsp3) is 0.0370. The van der Waals surface area contributed by atoms with Gasteiger partial charge in [0, 0.05) is 23.0 Å². The molecule has 5 aromatic carbocycles. The second kappa shape index (κ2) is 16.2. The quantitative estimate of drug-likeness (QED) is 0.0862. The van der Waals surface area contributed by atoms with Crippen molar-refractivity contribution in [1.82, 2.24) is 19.9 Å². The van der Waals surface area contributed by atoms with Crippen LogP contribution in [0.5, 0.6) is 0 Å². The maximum Gasteiger partial charge on any atom is 0.118 e. The number of hydrogen-bond acceptors (Lipinski definition) is 7. The standard InChI is InChI=1S/C54H39N7/c1-2-37-17-12-25-49(57-37)50-27-13-23-45(58-50)43-32-33-44(46-24-14-26-48(59-46)47-22-10-11-34-56-47)54(53(43)55)61-60-38-30-28-36(29-31-38)52-41-20-8-6-18-39(41)51(35-15-4-3-5-16-35)40-19-7-9-21-42(40)52/h3-34,55,60H,2H2,1H3/b55-53?,61-54-. The lowest BCUT2D eigenvalue weighted by atomic mass is 9.86. The van der Waals surface area contributed by atoms with E-state index in [0.717, 1.165) is 46.1 Å². The van der Waals surface area contributed by atoms with Crippen molar-refractivity contribution in [1.29, 1.82) is 5.41 Å². The molecule has 4 heterocycles. The number of fused-ring (bicyclic) bond motifs is 2. The second-order valence-electron chi connectivity index (χ2n) is 14.8. The van der Waals surface area contributed by atoms with E-state index in [4.69, 9.17) is 20.1 Å². The number of aromatic nitrogens is 4. The van der Waals surface area contributed by atoms with Gasteiger partial charge in [0.25, 0.3) is 0 Å². The molecule has 0 unspecified atom stereocenters. The van der Waals surface area contributed by atoms with Crippen molar-refractivity contribution in [2.24, 2.45) is 5.10 Å². The largest absolute Gasteiger partial charge is 0.298 e. The van der Waals surface area contributed by atoms with Crippen molar-refractivity contribution in [2.45, 2.75) is 13.3 Å². The third-order valence-electron chi connectivity index (χ3n) is 11.1. The first kappa shape index (κ1) is 37.1. The Morgan fingerprint density at radius 3 is 1.56 bits per heavy atom. The zero-order valence-corrected chi connectivity index (χ0v) is 33.4. The first-order chi connectivity index (χ1) is 30.1. The van der Waals surface area contributed by atoms with E-state index in [0.29, 0.717) is 28.2 Å². The van der Waals surface area contributed by atoms with Gasteiger partial charge in [-0.3, -0.25) is 20.8 Å². The lowest BCUT2D eigenvalue weighted by Crippen LogP contribution is -2.22. The molecule has 290 valence electrons. The molecule has 0 aliphatic heterocycles. The summed E-state index contributed by atoms with van der Waals surface area (Å²) in [5.41, 5.74) is 16.2.